The molecule has 0 atom stereocenters. The highest BCUT2D eigenvalue weighted by atomic mass is 127. The Hall–Kier alpha value is -10.9. The summed E-state index contributed by atoms with van der Waals surface area (Å²) in [4.78, 5) is 20.1. The van der Waals surface area contributed by atoms with Crippen molar-refractivity contribution in [2.75, 3.05) is 0 Å². The first-order chi connectivity index (χ1) is 58.1. The van der Waals surface area contributed by atoms with Crippen molar-refractivity contribution >= 4 is 192 Å². The van der Waals surface area contributed by atoms with Gasteiger partial charge in [0.15, 0.2) is 74.8 Å². The predicted octanol–water partition coefficient (Wildman–Crippen LogP) is 17.4. The Labute approximate surface area is 740 Å². The third-order valence-electron chi connectivity index (χ3n) is 18.1. The molecule has 42 heteroatoms. The summed E-state index contributed by atoms with van der Waals surface area (Å²) in [6.07, 6.45) is 11.6. The van der Waals surface area contributed by atoms with Gasteiger partial charge in [-0.05, 0) is 209 Å². The molecule has 0 fully saturated rings. The zero-order chi connectivity index (χ0) is 89.2. The molecule has 630 valence electrons. The lowest BCUT2D eigenvalue weighted by atomic mass is 9.79. The molecule has 0 unspecified atom stereocenters. The molecule has 17 rings (SSSR count). The molecule has 7 aromatic carbocycles. The number of pyridine rings is 4. The molecule has 0 spiro atoms. The predicted molar refractivity (Wildman–Crippen MR) is 470 cm³/mol. The molecule has 0 radical (unpaired) electrons. The largest absolute Gasteiger partial charge is 0.505 e. The zero-order valence-corrected chi connectivity index (χ0v) is 73.7. The second-order valence-electron chi connectivity index (χ2n) is 26.4. The number of halogens is 12. The molecular formula is C81H56B2Br3F8IN8O15S5. The summed E-state index contributed by atoms with van der Waals surface area (Å²) >= 11 is 15.0. The minimum atomic E-state index is -4.05. The van der Waals surface area contributed by atoms with Crippen LogP contribution in [0.3, 0.4) is 0 Å². The number of fused-ring (bicyclic) bond motifs is 4. The van der Waals surface area contributed by atoms with E-state index >= 15 is 0 Å². The van der Waals surface area contributed by atoms with Crippen molar-refractivity contribution in [3.8, 4) is 73.3 Å². The van der Waals surface area contributed by atoms with Crippen molar-refractivity contribution in [2.45, 2.75) is 35.5 Å². The van der Waals surface area contributed by atoms with Gasteiger partial charge in [0, 0.05) is 151 Å². The number of phenols is 5. The zero-order valence-electron chi connectivity index (χ0n) is 62.7. The number of aromatic amines is 1. The molecule has 0 amide bonds. The second kappa shape index (κ2) is 37.7. The number of H-pyrrole nitrogens is 1. The van der Waals surface area contributed by atoms with Gasteiger partial charge in [0.05, 0.1) is 20.2 Å². The van der Waals surface area contributed by atoms with Crippen LogP contribution in [0, 0.1) is 70.9 Å². The summed E-state index contributed by atoms with van der Waals surface area (Å²) < 4.78 is 192. The van der Waals surface area contributed by atoms with Gasteiger partial charge in [-0.2, -0.15) is 22.7 Å². The summed E-state index contributed by atoms with van der Waals surface area (Å²) in [5, 5.41) is 92.3. The van der Waals surface area contributed by atoms with Crippen LogP contribution in [-0.2, 0) is 30.1 Å². The lowest BCUT2D eigenvalue weighted by molar-refractivity contribution is 0.401. The van der Waals surface area contributed by atoms with Gasteiger partial charge in [-0.3, -0.25) is 0 Å². The van der Waals surface area contributed by atoms with Gasteiger partial charge in [0.1, 0.15) is 23.1 Å². The van der Waals surface area contributed by atoms with E-state index in [0.717, 1.165) is 61.3 Å². The molecular weight excluding hydrogens is 2030 g/mol. The van der Waals surface area contributed by atoms with Crippen LogP contribution in [0.2, 0.25) is 0 Å². The van der Waals surface area contributed by atoms with E-state index in [1.807, 2.05) is 43.7 Å². The first-order valence-electron chi connectivity index (χ1n) is 35.0. The lowest BCUT2D eigenvalue weighted by Crippen LogP contribution is -2.30. The maximum absolute atomic E-state index is 13.9. The van der Waals surface area contributed by atoms with E-state index in [0.29, 0.717) is 72.2 Å². The van der Waals surface area contributed by atoms with E-state index < -0.39 is 125 Å². The standard InChI is InChI=1S/2C20H13BrF2N2O3S.C17H10F2N2O2S.C14H10BrIN2O2S.C6H5BF2O3.C4H5BO2S/c2*1-11-2-4-14(5-3-11)29(27,28)25-10-17(16-6-12(21)9-24-20(16)25)15-7-13(22)8-18(23)19(15)26;18-12-4-13(19)16(23)14(15(12)22)11-6-21-17-10(11)3-9(5-20-17)8-1-2-24-7-8;1-9-2-4-11(5-3-9)21(19,20)18-8-13(16)12-6-10(15)7-17-14(12)18;8-3-1-4(7(11)12)6(10)5(9)2-3;6-5(7)4-1-2-8-3-4/h2*2-10,26H,1H3;1-7,22-23H,(H,20,21);2-8H,1H3;1-2,10-12H;1-3,6-7H. The van der Waals surface area contributed by atoms with Crippen LogP contribution in [0.1, 0.15) is 16.7 Å². The SMILES string of the molecule is Cc1ccc(S(=O)(=O)n2cc(-c3cc(F)cc(F)c3O)c3cc(Br)cnc32)cc1.Cc1ccc(S(=O)(=O)n2cc(-c3cc(F)cc(F)c3O)c3cc(Br)cnc32)cc1.Cc1ccc(S(=O)(=O)n2cc(I)c3cc(Br)cnc32)cc1.OB(O)c1cc(F)cc(F)c1O.OB(O)c1ccsc1.Oc1c(F)cc(F)c(O)c1-c1c[nH]c2ncc(-c3ccsc3)cc12. The van der Waals surface area contributed by atoms with Gasteiger partial charge in [-0.1, -0.05) is 59.2 Å². The molecule has 23 nitrogen and oxygen atoms in total. The topological polar surface area (TPSA) is 367 Å². The van der Waals surface area contributed by atoms with E-state index in [1.54, 1.807) is 102 Å². The van der Waals surface area contributed by atoms with Crippen molar-refractivity contribution in [3.05, 3.63) is 303 Å². The Bertz CT molecular complexity index is 7000. The molecule has 0 aliphatic rings. The van der Waals surface area contributed by atoms with Crippen molar-refractivity contribution in [1.29, 1.82) is 0 Å². The van der Waals surface area contributed by atoms with E-state index in [-0.39, 0.29) is 59.4 Å². The fourth-order valence-electron chi connectivity index (χ4n) is 12.0. The molecule has 0 bridgehead atoms. The van der Waals surface area contributed by atoms with Crippen molar-refractivity contribution in [3.63, 3.8) is 0 Å². The Morgan fingerprint density at radius 2 is 0.789 bits per heavy atom. The molecule has 0 aliphatic heterocycles. The summed E-state index contributed by atoms with van der Waals surface area (Å²) in [7, 11) is -15.1. The van der Waals surface area contributed by atoms with Gasteiger partial charge in [0.25, 0.3) is 30.1 Å². The number of nitrogens with zero attached hydrogens (tertiary/aromatic N) is 7. The molecule has 10 N–H and O–H groups in total. The highest BCUT2D eigenvalue weighted by Crippen LogP contribution is 2.46. The van der Waals surface area contributed by atoms with Gasteiger partial charge in [-0.25, -0.2) is 92.2 Å². The summed E-state index contributed by atoms with van der Waals surface area (Å²) in [6, 6.07) is 34.2. The van der Waals surface area contributed by atoms with Gasteiger partial charge in [0.2, 0.25) is 0 Å². The van der Waals surface area contributed by atoms with Gasteiger partial charge >= 0.3 is 14.2 Å². The minimum absolute atomic E-state index is 0.0333. The molecule has 123 heavy (non-hydrogen) atoms. The fourth-order valence-corrected chi connectivity index (χ4v) is 19.1. The quantitative estimate of drug-likeness (QED) is 0.0308. The van der Waals surface area contributed by atoms with E-state index in [1.165, 1.54) is 81.9 Å². The van der Waals surface area contributed by atoms with Crippen LogP contribution in [0.15, 0.2) is 251 Å². The molecule has 0 saturated heterocycles. The number of nitrogens with one attached hydrogen (secondary N) is 1. The van der Waals surface area contributed by atoms with Crippen LogP contribution in [0.25, 0.3) is 88.6 Å². The van der Waals surface area contributed by atoms with E-state index in [4.69, 9.17) is 25.2 Å². The lowest BCUT2D eigenvalue weighted by Gasteiger charge is -2.08. The summed E-state index contributed by atoms with van der Waals surface area (Å²) in [6.45, 7) is 5.59. The summed E-state index contributed by atoms with van der Waals surface area (Å²) in [5.74, 6) is -12.7. The maximum atomic E-state index is 13.9. The van der Waals surface area contributed by atoms with Crippen LogP contribution < -0.4 is 10.9 Å². The normalized spacial score (nSPS) is 11.4. The van der Waals surface area contributed by atoms with E-state index in [2.05, 4.69) is 95.3 Å². The monoisotopic (exact) mass is 2080 g/mol. The maximum Gasteiger partial charge on any atom is 0.492 e. The van der Waals surface area contributed by atoms with Gasteiger partial charge < -0.3 is 50.6 Å². The van der Waals surface area contributed by atoms with Crippen LogP contribution in [0.5, 0.6) is 28.7 Å². The van der Waals surface area contributed by atoms with E-state index in [9.17, 15) is 80.8 Å². The van der Waals surface area contributed by atoms with Crippen LogP contribution in [0.4, 0.5) is 35.1 Å². The number of hydrogen-bond donors (Lipinski definition) is 10. The third-order valence-corrected chi connectivity index (χ3v) is 26.6. The fraction of sp³-hybridized carbons (Fsp3) is 0.0370. The number of thiophene rings is 2. The first kappa shape index (κ1) is 91.3. The summed E-state index contributed by atoms with van der Waals surface area (Å²) in [5.41, 5.74) is 5.46. The molecule has 17 aromatic rings. The highest BCUT2D eigenvalue weighted by molar-refractivity contribution is 14.1. The van der Waals surface area contributed by atoms with Crippen molar-refractivity contribution < 1.29 is 106 Å². The smallest absolute Gasteiger partial charge is 0.492 e. The van der Waals surface area contributed by atoms with Crippen molar-refractivity contribution in [1.82, 2.24) is 36.8 Å². The van der Waals surface area contributed by atoms with Crippen molar-refractivity contribution in [2.24, 2.45) is 0 Å². The number of hydrogen-bond acceptors (Lipinski definition) is 21. The number of aromatic hydroxyl groups is 5. The minimum Gasteiger partial charge on any atom is -0.505 e. The number of rotatable bonds is 12. The van der Waals surface area contributed by atoms with Crippen LogP contribution >= 0.6 is 93.1 Å². The molecule has 0 saturated carbocycles. The first-order valence-corrected chi connectivity index (χ1v) is 44.6. The number of phenolic OH excluding ortho intramolecular Hbond substituents is 5. The number of aryl methyl sites for hydroxylation is 3. The third kappa shape index (κ3) is 19.9. The highest BCUT2D eigenvalue weighted by Gasteiger charge is 2.30. The molecule has 0 aliphatic carbocycles. The molecule has 10 heterocycles. The second-order valence-corrected chi connectivity index (χ2v) is 37.3. The van der Waals surface area contributed by atoms with Crippen LogP contribution in [-0.4, -0.2) is 122 Å². The Kier molecular flexibility index (Phi) is 28.0. The van der Waals surface area contributed by atoms with Gasteiger partial charge in [-0.15, -0.1) is 0 Å². The average molecular weight is 2080 g/mol. The number of benzene rings is 7. The Balaban J connectivity index is 0.000000140. The Morgan fingerprint density at radius 3 is 1.19 bits per heavy atom. The molecule has 10 aromatic heterocycles. The average Bonchev–Trinajstić information content (AvgIpc) is 1.52. The Morgan fingerprint density at radius 1 is 0.398 bits per heavy atom. The number of aromatic nitrogens is 8.